The van der Waals surface area contributed by atoms with Crippen LogP contribution in [0, 0.1) is 0 Å². The van der Waals surface area contributed by atoms with Crippen LogP contribution in [0.25, 0.3) is 10.8 Å². The van der Waals surface area contributed by atoms with E-state index in [1.165, 1.54) is 36.4 Å². The van der Waals surface area contributed by atoms with Crippen molar-refractivity contribution >= 4 is 32.7 Å². The van der Waals surface area contributed by atoms with Crippen molar-refractivity contribution in [1.82, 2.24) is 4.72 Å². The zero-order valence-electron chi connectivity index (χ0n) is 12.3. The van der Waals surface area contributed by atoms with Crippen LogP contribution in [-0.4, -0.2) is 41.7 Å². The second kappa shape index (κ2) is 6.85. The number of phenols is 1. The summed E-state index contributed by atoms with van der Waals surface area (Å²) in [7, 11) is -4.14. The fraction of sp³-hybridized carbons (Fsp3) is 0.200. The number of fused-ring (bicyclic) bond motifs is 1. The maximum atomic E-state index is 12.3. The summed E-state index contributed by atoms with van der Waals surface area (Å²) in [5.74, 6) is -2.63. The molecule has 0 radical (unpaired) electrons. The molecule has 0 fully saturated rings. The Labute approximate surface area is 137 Å². The Morgan fingerprint density at radius 2 is 1.67 bits per heavy atom. The SMILES string of the molecule is O=C(O)CC[C@H](NS(=O)(=O)c1ccc2cc(O)ccc2c1)C(=O)O. The molecule has 0 aliphatic carbocycles. The molecule has 2 aromatic rings. The quantitative estimate of drug-likeness (QED) is 0.585. The van der Waals surface area contributed by atoms with Crippen molar-refractivity contribution in [2.75, 3.05) is 0 Å². The molecule has 0 aliphatic heterocycles. The van der Waals surface area contributed by atoms with Crippen LogP contribution in [-0.2, 0) is 19.6 Å². The number of carboxylic acid groups (broad SMARTS) is 2. The summed E-state index contributed by atoms with van der Waals surface area (Å²) in [5, 5.41) is 28.2. The van der Waals surface area contributed by atoms with Crippen molar-refractivity contribution in [3.63, 3.8) is 0 Å². The maximum absolute atomic E-state index is 12.3. The Kier molecular flexibility index (Phi) is 5.05. The fourth-order valence-corrected chi connectivity index (χ4v) is 3.39. The predicted octanol–water partition coefficient (Wildman–Crippen LogP) is 1.14. The molecule has 128 valence electrons. The largest absolute Gasteiger partial charge is 0.508 e. The molecule has 4 N–H and O–H groups in total. The van der Waals surface area contributed by atoms with Crippen LogP contribution in [0.1, 0.15) is 12.8 Å². The molecule has 8 nitrogen and oxygen atoms in total. The number of carboxylic acids is 2. The summed E-state index contributed by atoms with van der Waals surface area (Å²) in [5.41, 5.74) is 0. The van der Waals surface area contributed by atoms with E-state index < -0.39 is 34.4 Å². The molecular weight excluding hydrogens is 338 g/mol. The van der Waals surface area contributed by atoms with E-state index in [9.17, 15) is 23.1 Å². The van der Waals surface area contributed by atoms with Gasteiger partial charge in [0, 0.05) is 6.42 Å². The van der Waals surface area contributed by atoms with Gasteiger partial charge >= 0.3 is 11.9 Å². The van der Waals surface area contributed by atoms with Crippen molar-refractivity contribution in [1.29, 1.82) is 0 Å². The number of hydrogen-bond donors (Lipinski definition) is 4. The maximum Gasteiger partial charge on any atom is 0.321 e. The number of carbonyl (C=O) groups is 2. The van der Waals surface area contributed by atoms with Crippen LogP contribution in [0.15, 0.2) is 41.3 Å². The number of sulfonamides is 1. The van der Waals surface area contributed by atoms with Crippen molar-refractivity contribution < 1.29 is 33.3 Å². The summed E-state index contributed by atoms with van der Waals surface area (Å²) in [6, 6.07) is 6.96. The molecule has 0 bridgehead atoms. The summed E-state index contributed by atoms with van der Waals surface area (Å²) >= 11 is 0. The van der Waals surface area contributed by atoms with E-state index in [-0.39, 0.29) is 17.1 Å². The molecule has 0 saturated heterocycles. The minimum Gasteiger partial charge on any atom is -0.508 e. The van der Waals surface area contributed by atoms with Gasteiger partial charge in [-0.1, -0.05) is 12.1 Å². The van der Waals surface area contributed by atoms with Crippen LogP contribution >= 0.6 is 0 Å². The van der Waals surface area contributed by atoms with E-state index in [4.69, 9.17) is 10.2 Å². The number of nitrogens with one attached hydrogen (secondary N) is 1. The highest BCUT2D eigenvalue weighted by Gasteiger charge is 2.26. The highest BCUT2D eigenvalue weighted by molar-refractivity contribution is 7.89. The first kappa shape index (κ1) is 17.7. The van der Waals surface area contributed by atoms with E-state index in [2.05, 4.69) is 0 Å². The number of aromatic hydroxyl groups is 1. The zero-order valence-corrected chi connectivity index (χ0v) is 13.2. The van der Waals surface area contributed by atoms with Gasteiger partial charge < -0.3 is 15.3 Å². The molecule has 9 heteroatoms. The van der Waals surface area contributed by atoms with Crippen LogP contribution in [0.3, 0.4) is 0 Å². The zero-order chi connectivity index (χ0) is 17.9. The Balaban J connectivity index is 2.29. The highest BCUT2D eigenvalue weighted by atomic mass is 32.2. The third kappa shape index (κ3) is 4.21. The lowest BCUT2D eigenvalue weighted by atomic mass is 10.1. The first-order valence-corrected chi connectivity index (χ1v) is 8.37. The summed E-state index contributed by atoms with van der Waals surface area (Å²) < 4.78 is 26.7. The van der Waals surface area contributed by atoms with Crippen molar-refractivity contribution in [2.45, 2.75) is 23.8 Å². The van der Waals surface area contributed by atoms with Crippen molar-refractivity contribution in [3.8, 4) is 5.75 Å². The summed E-state index contributed by atoms with van der Waals surface area (Å²) in [6.07, 6.45) is -0.845. The average molecular weight is 353 g/mol. The van der Waals surface area contributed by atoms with Crippen molar-refractivity contribution in [2.24, 2.45) is 0 Å². The fourth-order valence-electron chi connectivity index (χ4n) is 2.13. The van der Waals surface area contributed by atoms with E-state index in [1.54, 1.807) is 0 Å². The first-order chi connectivity index (χ1) is 11.2. The number of benzene rings is 2. The lowest BCUT2D eigenvalue weighted by Gasteiger charge is -2.14. The number of hydrogen-bond acceptors (Lipinski definition) is 5. The van der Waals surface area contributed by atoms with Gasteiger partial charge in [0.15, 0.2) is 0 Å². The summed E-state index contributed by atoms with van der Waals surface area (Å²) in [6.45, 7) is 0. The topological polar surface area (TPSA) is 141 Å². The Morgan fingerprint density at radius 1 is 1.04 bits per heavy atom. The average Bonchev–Trinajstić information content (AvgIpc) is 2.50. The molecule has 0 amide bonds. The lowest BCUT2D eigenvalue weighted by molar-refractivity contribution is -0.140. The molecule has 0 unspecified atom stereocenters. The minimum absolute atomic E-state index is 0.0378. The molecule has 0 spiro atoms. The van der Waals surface area contributed by atoms with Gasteiger partial charge in [-0.25, -0.2) is 8.42 Å². The molecule has 24 heavy (non-hydrogen) atoms. The van der Waals surface area contributed by atoms with Gasteiger partial charge in [0.25, 0.3) is 0 Å². The van der Waals surface area contributed by atoms with Crippen LogP contribution in [0.2, 0.25) is 0 Å². The minimum atomic E-state index is -4.14. The van der Waals surface area contributed by atoms with Gasteiger partial charge in [-0.2, -0.15) is 4.72 Å². The second-order valence-corrected chi connectivity index (χ2v) is 6.85. The summed E-state index contributed by atoms with van der Waals surface area (Å²) in [4.78, 5) is 21.5. The van der Waals surface area contributed by atoms with E-state index in [0.29, 0.717) is 10.8 Å². The molecule has 0 saturated carbocycles. The lowest BCUT2D eigenvalue weighted by Crippen LogP contribution is -2.41. The number of rotatable bonds is 7. The van der Waals surface area contributed by atoms with Gasteiger partial charge in [-0.15, -0.1) is 0 Å². The molecular formula is C15H15NO7S. The molecule has 0 aliphatic rings. The molecule has 2 rings (SSSR count). The Bertz CT molecular complexity index is 892. The highest BCUT2D eigenvalue weighted by Crippen LogP contribution is 2.23. The monoisotopic (exact) mass is 353 g/mol. The van der Waals surface area contributed by atoms with E-state index in [0.717, 1.165) is 0 Å². The normalized spacial score (nSPS) is 12.8. The standard InChI is InChI=1S/C15H15NO7S/c17-11-3-1-10-8-12(4-2-9(10)7-11)24(22,23)16-13(15(20)21)5-6-14(18)19/h1-4,7-8,13,16-17H,5-6H2,(H,18,19)(H,20,21)/t13-/m0/s1. The molecule has 0 heterocycles. The predicted molar refractivity (Wildman–Crippen MR) is 84.2 cm³/mol. The van der Waals surface area contributed by atoms with Gasteiger partial charge in [0.05, 0.1) is 4.90 Å². The Hall–Kier alpha value is -2.65. The molecule has 0 aromatic heterocycles. The van der Waals surface area contributed by atoms with Crippen LogP contribution in [0.4, 0.5) is 0 Å². The first-order valence-electron chi connectivity index (χ1n) is 6.89. The van der Waals surface area contributed by atoms with Gasteiger partial charge in [0.2, 0.25) is 10.0 Å². The van der Waals surface area contributed by atoms with Crippen molar-refractivity contribution in [3.05, 3.63) is 36.4 Å². The number of aliphatic carboxylic acids is 2. The Morgan fingerprint density at radius 3 is 2.29 bits per heavy atom. The van der Waals surface area contributed by atoms with E-state index in [1.807, 2.05) is 4.72 Å². The molecule has 1 atom stereocenters. The number of phenolic OH excluding ortho intramolecular Hbond substituents is 1. The van der Waals surface area contributed by atoms with Crippen LogP contribution < -0.4 is 4.72 Å². The van der Waals surface area contributed by atoms with Gasteiger partial charge in [-0.05, 0) is 41.5 Å². The molecule has 2 aromatic carbocycles. The third-order valence-electron chi connectivity index (χ3n) is 3.35. The second-order valence-electron chi connectivity index (χ2n) is 5.14. The van der Waals surface area contributed by atoms with Gasteiger partial charge in [-0.3, -0.25) is 9.59 Å². The van der Waals surface area contributed by atoms with Crippen LogP contribution in [0.5, 0.6) is 5.75 Å². The third-order valence-corrected chi connectivity index (χ3v) is 4.82. The van der Waals surface area contributed by atoms with Gasteiger partial charge in [0.1, 0.15) is 11.8 Å². The smallest absolute Gasteiger partial charge is 0.321 e. The van der Waals surface area contributed by atoms with E-state index >= 15 is 0 Å².